The van der Waals surface area contributed by atoms with Gasteiger partial charge in [-0.05, 0) is 73.8 Å². The van der Waals surface area contributed by atoms with Gasteiger partial charge in [-0.3, -0.25) is 0 Å². The minimum atomic E-state index is -0.323. The predicted molar refractivity (Wildman–Crippen MR) is 122 cm³/mol. The summed E-state index contributed by atoms with van der Waals surface area (Å²) in [7, 11) is 0. The van der Waals surface area contributed by atoms with Crippen molar-refractivity contribution in [2.45, 2.75) is 77.1 Å². The van der Waals surface area contributed by atoms with E-state index in [-0.39, 0.29) is 28.7 Å². The summed E-state index contributed by atoms with van der Waals surface area (Å²) in [5, 5.41) is 0. The molecule has 0 radical (unpaired) electrons. The fourth-order valence-electron chi connectivity index (χ4n) is 8.41. The average molecular weight is 437 g/mol. The lowest BCUT2D eigenvalue weighted by molar-refractivity contribution is -0.242. The minimum Gasteiger partial charge on any atom is -0.458 e. The number of rotatable bonds is 2. The summed E-state index contributed by atoms with van der Waals surface area (Å²) >= 11 is 0. The number of hydrogen-bond acceptors (Lipinski definition) is 4. The van der Waals surface area contributed by atoms with Crippen LogP contribution in [0.15, 0.2) is 42.0 Å². The Hall–Kier alpha value is -1.65. The number of fused-ring (bicyclic) bond motifs is 6. The maximum atomic E-state index is 12.6. The summed E-state index contributed by atoms with van der Waals surface area (Å²) in [6, 6.07) is 9.39. The Morgan fingerprint density at radius 2 is 1.72 bits per heavy atom. The number of benzene rings is 1. The van der Waals surface area contributed by atoms with Crippen molar-refractivity contribution in [3.63, 3.8) is 0 Å². The van der Waals surface area contributed by atoms with Crippen LogP contribution >= 0.6 is 0 Å². The predicted octanol–water partition coefficient (Wildman–Crippen LogP) is 5.92. The number of ether oxygens (including phenoxy) is 3. The van der Waals surface area contributed by atoms with Crippen molar-refractivity contribution in [2.75, 3.05) is 13.2 Å². The Bertz CT molecular complexity index is 917. The van der Waals surface area contributed by atoms with E-state index in [1.807, 2.05) is 30.3 Å². The first-order chi connectivity index (χ1) is 15.5. The van der Waals surface area contributed by atoms with Crippen LogP contribution in [0.5, 0.6) is 0 Å². The summed E-state index contributed by atoms with van der Waals surface area (Å²) in [6.45, 7) is 6.46. The molecule has 32 heavy (non-hydrogen) atoms. The summed E-state index contributed by atoms with van der Waals surface area (Å²) in [5.41, 5.74) is 2.58. The molecule has 1 heterocycles. The topological polar surface area (TPSA) is 44.8 Å². The average Bonchev–Trinajstić information content (AvgIpc) is 3.40. The summed E-state index contributed by atoms with van der Waals surface area (Å²) < 4.78 is 18.5. The van der Waals surface area contributed by atoms with E-state index >= 15 is 0 Å². The van der Waals surface area contributed by atoms with Gasteiger partial charge in [0, 0.05) is 18.3 Å². The van der Waals surface area contributed by atoms with Crippen molar-refractivity contribution in [1.29, 1.82) is 0 Å². The molecule has 6 rings (SSSR count). The van der Waals surface area contributed by atoms with Gasteiger partial charge in [-0.25, -0.2) is 4.79 Å². The monoisotopic (exact) mass is 436 g/mol. The van der Waals surface area contributed by atoms with E-state index in [0.717, 1.165) is 57.2 Å². The van der Waals surface area contributed by atoms with Gasteiger partial charge in [0.05, 0.1) is 18.8 Å². The van der Waals surface area contributed by atoms with Crippen LogP contribution in [0.1, 0.15) is 75.6 Å². The van der Waals surface area contributed by atoms with E-state index in [4.69, 9.17) is 14.2 Å². The molecule has 0 amide bonds. The molecule has 172 valence electrons. The normalized spacial score (nSPS) is 42.0. The number of allylic oxidation sites excluding steroid dienone is 1. The van der Waals surface area contributed by atoms with Gasteiger partial charge in [0.15, 0.2) is 5.79 Å². The molecule has 0 N–H and O–H groups in total. The Morgan fingerprint density at radius 3 is 2.50 bits per heavy atom. The third kappa shape index (κ3) is 2.91. The zero-order valence-corrected chi connectivity index (χ0v) is 19.5. The molecule has 4 nitrogen and oxygen atoms in total. The molecule has 1 aromatic rings. The van der Waals surface area contributed by atoms with Crippen LogP contribution in [-0.4, -0.2) is 31.1 Å². The van der Waals surface area contributed by atoms with Crippen LogP contribution in [0, 0.1) is 28.6 Å². The zero-order valence-electron chi connectivity index (χ0n) is 19.5. The molecule has 3 saturated carbocycles. The number of esters is 1. The largest absolute Gasteiger partial charge is 0.458 e. The molecule has 4 heteroatoms. The van der Waals surface area contributed by atoms with Gasteiger partial charge < -0.3 is 14.2 Å². The first-order valence-corrected chi connectivity index (χ1v) is 12.7. The molecular formula is C28H36O4. The van der Waals surface area contributed by atoms with Crippen molar-refractivity contribution in [3.05, 3.63) is 47.5 Å². The van der Waals surface area contributed by atoms with Crippen molar-refractivity contribution < 1.29 is 19.0 Å². The van der Waals surface area contributed by atoms with Crippen molar-refractivity contribution in [1.82, 2.24) is 0 Å². The lowest BCUT2D eigenvalue weighted by atomic mass is 9.47. The van der Waals surface area contributed by atoms with E-state index < -0.39 is 0 Å². The molecule has 5 aliphatic rings. The third-order valence-corrected chi connectivity index (χ3v) is 10.1. The lowest BCUT2D eigenvalue weighted by Gasteiger charge is -2.58. The fraction of sp³-hybridized carbons (Fsp3) is 0.679. The molecule has 0 bridgehead atoms. The van der Waals surface area contributed by atoms with Gasteiger partial charge in [-0.1, -0.05) is 43.7 Å². The van der Waals surface area contributed by atoms with Crippen molar-refractivity contribution in [2.24, 2.45) is 28.6 Å². The van der Waals surface area contributed by atoms with Gasteiger partial charge in [0.25, 0.3) is 0 Å². The van der Waals surface area contributed by atoms with Crippen LogP contribution in [-0.2, 0) is 14.2 Å². The molecule has 1 saturated heterocycles. The molecule has 1 spiro atoms. The second-order valence-electron chi connectivity index (χ2n) is 11.3. The maximum absolute atomic E-state index is 12.6. The van der Waals surface area contributed by atoms with Gasteiger partial charge in [-0.15, -0.1) is 0 Å². The van der Waals surface area contributed by atoms with E-state index in [2.05, 4.69) is 19.9 Å². The first-order valence-electron chi connectivity index (χ1n) is 12.7. The third-order valence-electron chi connectivity index (χ3n) is 10.1. The van der Waals surface area contributed by atoms with Crippen molar-refractivity contribution in [3.8, 4) is 0 Å². The van der Waals surface area contributed by atoms with Crippen LogP contribution < -0.4 is 0 Å². The first kappa shape index (κ1) is 20.9. The quantitative estimate of drug-likeness (QED) is 0.426. The molecule has 1 aromatic carbocycles. The van der Waals surface area contributed by atoms with Crippen LogP contribution in [0.2, 0.25) is 0 Å². The molecule has 4 aliphatic carbocycles. The second-order valence-corrected chi connectivity index (χ2v) is 11.3. The van der Waals surface area contributed by atoms with Gasteiger partial charge >= 0.3 is 5.97 Å². The Morgan fingerprint density at radius 1 is 0.969 bits per heavy atom. The van der Waals surface area contributed by atoms with Gasteiger partial charge in [-0.2, -0.15) is 0 Å². The standard InChI is InChI=1S/C28H36O4/c1-26-13-10-21(32-25(29)19-6-4-3-5-7-19)18-20(26)8-9-22-23(26)11-14-27(2)24(22)12-15-28(27)30-16-17-31-28/h3-8,21-24H,9-18H2,1-2H3/t21-,22?,23?,24?,26-,27-/m0/s1. The number of carbonyl (C=O) groups is 1. The Balaban J connectivity index is 1.20. The lowest BCUT2D eigenvalue weighted by Crippen LogP contribution is -2.55. The fourth-order valence-corrected chi connectivity index (χ4v) is 8.41. The highest BCUT2D eigenvalue weighted by atomic mass is 16.7. The molecule has 0 aromatic heterocycles. The smallest absolute Gasteiger partial charge is 0.338 e. The second kappa shape index (κ2) is 7.43. The summed E-state index contributed by atoms with van der Waals surface area (Å²) in [5.74, 6) is 1.62. The van der Waals surface area contributed by atoms with Crippen LogP contribution in [0.4, 0.5) is 0 Å². The highest BCUT2D eigenvalue weighted by Crippen LogP contribution is 2.68. The molecule has 3 unspecified atom stereocenters. The zero-order chi connectivity index (χ0) is 22.0. The highest BCUT2D eigenvalue weighted by molar-refractivity contribution is 5.89. The van der Waals surface area contributed by atoms with Gasteiger partial charge in [0.2, 0.25) is 0 Å². The Labute approximate surface area is 191 Å². The van der Waals surface area contributed by atoms with Gasteiger partial charge in [0.1, 0.15) is 6.10 Å². The highest BCUT2D eigenvalue weighted by Gasteiger charge is 2.66. The molecule has 6 atom stereocenters. The number of hydrogen-bond donors (Lipinski definition) is 0. The molecule has 1 aliphatic heterocycles. The van der Waals surface area contributed by atoms with E-state index in [1.54, 1.807) is 5.57 Å². The van der Waals surface area contributed by atoms with Crippen molar-refractivity contribution >= 4 is 5.97 Å². The Kier molecular flexibility index (Phi) is 4.86. The molecular weight excluding hydrogens is 400 g/mol. The number of carbonyl (C=O) groups excluding carboxylic acids is 1. The van der Waals surface area contributed by atoms with Crippen LogP contribution in [0.3, 0.4) is 0 Å². The summed E-state index contributed by atoms with van der Waals surface area (Å²) in [4.78, 5) is 12.6. The summed E-state index contributed by atoms with van der Waals surface area (Å²) in [6.07, 6.45) is 11.4. The SMILES string of the molecule is C[C@]12CC[C@H](OC(=O)c3ccccc3)CC1=CCC1C2CC[C@@]2(C)C1CCC21OCCO1. The van der Waals surface area contributed by atoms with E-state index in [0.29, 0.717) is 11.5 Å². The molecule has 4 fully saturated rings. The van der Waals surface area contributed by atoms with E-state index in [1.165, 1.54) is 19.3 Å². The van der Waals surface area contributed by atoms with Crippen LogP contribution in [0.25, 0.3) is 0 Å². The van der Waals surface area contributed by atoms with E-state index in [9.17, 15) is 4.79 Å². The maximum Gasteiger partial charge on any atom is 0.338 e. The minimum absolute atomic E-state index is 0.00229.